The van der Waals surface area contributed by atoms with Gasteiger partial charge in [-0.15, -0.1) is 18.9 Å². The fourth-order valence-corrected chi connectivity index (χ4v) is 3.42. The van der Waals surface area contributed by atoms with Crippen molar-refractivity contribution in [3.05, 3.63) is 67.1 Å². The Hall–Kier alpha value is -1.85. The monoisotopic (exact) mass is 381 g/mol. The first-order valence-electron chi connectivity index (χ1n) is 10.9. The number of allylic oxidation sites excluding steroid dienone is 5. The van der Waals surface area contributed by atoms with Crippen molar-refractivity contribution < 1.29 is 0 Å². The van der Waals surface area contributed by atoms with Gasteiger partial charge in [-0.05, 0) is 93.8 Å². The Bertz CT molecular complexity index is 592. The van der Waals surface area contributed by atoms with Gasteiger partial charge in [0, 0.05) is 11.9 Å². The van der Waals surface area contributed by atoms with Crippen LogP contribution in [-0.2, 0) is 0 Å². The Morgan fingerprint density at radius 2 is 1.64 bits per heavy atom. The summed E-state index contributed by atoms with van der Waals surface area (Å²) < 4.78 is 0. The highest BCUT2D eigenvalue weighted by Crippen LogP contribution is 2.28. The van der Waals surface area contributed by atoms with Crippen LogP contribution >= 0.6 is 0 Å². The van der Waals surface area contributed by atoms with Crippen molar-refractivity contribution in [1.29, 1.82) is 0 Å². The van der Waals surface area contributed by atoms with E-state index in [1.54, 1.807) is 0 Å². The lowest BCUT2D eigenvalue weighted by Gasteiger charge is -2.21. The number of aliphatic imine (C=N–C) groups is 1. The summed E-state index contributed by atoms with van der Waals surface area (Å²) >= 11 is 0. The molecule has 0 radical (unpaired) electrons. The molecule has 0 heterocycles. The van der Waals surface area contributed by atoms with Gasteiger partial charge in [-0.1, -0.05) is 45.6 Å². The molecular weight excluding hydrogens is 338 g/mol. The van der Waals surface area contributed by atoms with Crippen LogP contribution in [0.2, 0.25) is 0 Å². The van der Waals surface area contributed by atoms with Gasteiger partial charge >= 0.3 is 0 Å². The Morgan fingerprint density at radius 3 is 2.21 bits per heavy atom. The third-order valence-corrected chi connectivity index (χ3v) is 5.22. The maximum absolute atomic E-state index is 4.56. The summed E-state index contributed by atoms with van der Waals surface area (Å²) in [4.78, 5) is 4.56. The van der Waals surface area contributed by atoms with Gasteiger partial charge in [0.25, 0.3) is 0 Å². The summed E-state index contributed by atoms with van der Waals surface area (Å²) in [6, 6.07) is 0. The lowest BCUT2D eigenvalue weighted by Crippen LogP contribution is -2.08. The van der Waals surface area contributed by atoms with E-state index in [0.717, 1.165) is 37.8 Å². The second-order valence-corrected chi connectivity index (χ2v) is 8.07. The molecule has 0 rings (SSSR count). The van der Waals surface area contributed by atoms with Crippen LogP contribution in [0.4, 0.5) is 0 Å². The zero-order valence-corrected chi connectivity index (χ0v) is 19.0. The fraction of sp³-hybridized carbons (Fsp3) is 0.556. The van der Waals surface area contributed by atoms with Crippen LogP contribution in [0.5, 0.6) is 0 Å². The molecule has 28 heavy (non-hydrogen) atoms. The number of nitrogens with zero attached hydrogens (tertiary/aromatic N) is 1. The van der Waals surface area contributed by atoms with Crippen molar-refractivity contribution in [2.45, 2.75) is 85.5 Å². The first-order chi connectivity index (χ1) is 13.4. The van der Waals surface area contributed by atoms with Crippen molar-refractivity contribution in [3.63, 3.8) is 0 Å². The molecule has 0 fully saturated rings. The van der Waals surface area contributed by atoms with Crippen LogP contribution in [0.3, 0.4) is 0 Å². The topological polar surface area (TPSA) is 12.4 Å². The minimum Gasteiger partial charge on any atom is -0.266 e. The van der Waals surface area contributed by atoms with E-state index in [1.807, 2.05) is 26.0 Å². The van der Waals surface area contributed by atoms with E-state index in [4.69, 9.17) is 0 Å². The van der Waals surface area contributed by atoms with Gasteiger partial charge in [0.2, 0.25) is 0 Å². The van der Waals surface area contributed by atoms with Crippen LogP contribution < -0.4 is 0 Å². The van der Waals surface area contributed by atoms with Crippen LogP contribution in [0.1, 0.15) is 85.5 Å². The molecule has 0 amide bonds. The molecule has 2 unspecified atom stereocenters. The predicted molar refractivity (Wildman–Crippen MR) is 129 cm³/mol. The second-order valence-electron chi connectivity index (χ2n) is 8.07. The van der Waals surface area contributed by atoms with E-state index < -0.39 is 0 Å². The average molecular weight is 382 g/mol. The van der Waals surface area contributed by atoms with E-state index in [2.05, 4.69) is 57.1 Å². The Balaban J connectivity index is 4.54. The summed E-state index contributed by atoms with van der Waals surface area (Å²) in [5.41, 5.74) is 8.07. The summed E-state index contributed by atoms with van der Waals surface area (Å²) in [5, 5.41) is 0. The number of hydrogen-bond donors (Lipinski definition) is 0. The molecule has 0 bridgehead atoms. The first-order valence-corrected chi connectivity index (χ1v) is 10.9. The zero-order chi connectivity index (χ0) is 21.4. The number of unbranched alkanes of at least 4 members (excludes halogenated alkanes) is 3. The van der Waals surface area contributed by atoms with Crippen LogP contribution in [0.15, 0.2) is 72.1 Å². The van der Waals surface area contributed by atoms with Gasteiger partial charge in [0.15, 0.2) is 0 Å². The molecule has 0 N–H and O–H groups in total. The molecule has 0 saturated heterocycles. The normalized spacial score (nSPS) is 13.2. The van der Waals surface area contributed by atoms with Gasteiger partial charge in [0.05, 0.1) is 0 Å². The van der Waals surface area contributed by atoms with Crippen LogP contribution in [0, 0.1) is 11.8 Å². The minimum atomic E-state index is 0.497. The van der Waals surface area contributed by atoms with Gasteiger partial charge in [-0.2, -0.15) is 0 Å². The molecule has 0 aliphatic heterocycles. The summed E-state index contributed by atoms with van der Waals surface area (Å²) in [6.45, 7) is 24.5. The second kappa shape index (κ2) is 16.1. The molecule has 0 aromatic rings. The highest BCUT2D eigenvalue weighted by Gasteiger charge is 2.15. The van der Waals surface area contributed by atoms with Crippen molar-refractivity contribution in [3.8, 4) is 0 Å². The standard InChI is InChI=1S/C27H43N/c1-9-12-13-14-20-26(11-3)23(6)18-15-16-19-25(8)27(21-28-22(4)5)24(7)17-10-2/h9-10,21,24-25H,1-3,6,12-20H2,4-5,7-8H3/b27-21-. The van der Waals surface area contributed by atoms with Gasteiger partial charge in [-0.25, -0.2) is 0 Å². The smallest absolute Gasteiger partial charge is 0.0264 e. The van der Waals surface area contributed by atoms with E-state index in [-0.39, 0.29) is 0 Å². The lowest BCUT2D eigenvalue weighted by molar-refractivity contribution is 0.498. The molecule has 0 aromatic heterocycles. The van der Waals surface area contributed by atoms with Gasteiger partial charge in [0.1, 0.15) is 0 Å². The number of rotatable bonds is 16. The average Bonchev–Trinajstić information content (AvgIpc) is 2.65. The zero-order valence-electron chi connectivity index (χ0n) is 19.0. The SMILES string of the molecule is C=C=C(CCCCC=C)C(=C)CCCCC(C)/C(=C\N=C(C)C)C(C)CC=C. The molecule has 0 aromatic carbocycles. The predicted octanol–water partition coefficient (Wildman–Crippen LogP) is 8.77. The Kier molecular flexibility index (Phi) is 15.1. The van der Waals surface area contributed by atoms with Gasteiger partial charge in [-0.3, -0.25) is 4.99 Å². The molecule has 0 aliphatic rings. The number of hydrogen-bond acceptors (Lipinski definition) is 1. The maximum atomic E-state index is 4.56. The molecule has 1 heteroatoms. The van der Waals surface area contributed by atoms with E-state index in [1.165, 1.54) is 42.4 Å². The minimum absolute atomic E-state index is 0.497. The van der Waals surface area contributed by atoms with E-state index >= 15 is 0 Å². The third-order valence-electron chi connectivity index (χ3n) is 5.22. The first kappa shape index (κ1) is 26.1. The molecule has 0 saturated carbocycles. The van der Waals surface area contributed by atoms with Crippen LogP contribution in [-0.4, -0.2) is 5.71 Å². The highest BCUT2D eigenvalue weighted by molar-refractivity contribution is 5.79. The van der Waals surface area contributed by atoms with Crippen molar-refractivity contribution in [2.24, 2.45) is 16.8 Å². The summed E-state index contributed by atoms with van der Waals surface area (Å²) in [5.74, 6) is 1.04. The van der Waals surface area contributed by atoms with Crippen molar-refractivity contribution in [1.82, 2.24) is 0 Å². The maximum Gasteiger partial charge on any atom is 0.0264 e. The molecule has 0 aliphatic carbocycles. The third kappa shape index (κ3) is 11.8. The van der Waals surface area contributed by atoms with E-state index in [9.17, 15) is 0 Å². The van der Waals surface area contributed by atoms with Crippen LogP contribution in [0.25, 0.3) is 0 Å². The molecule has 0 spiro atoms. The van der Waals surface area contributed by atoms with E-state index in [0.29, 0.717) is 11.8 Å². The van der Waals surface area contributed by atoms with Crippen molar-refractivity contribution >= 4 is 5.71 Å². The highest BCUT2D eigenvalue weighted by atomic mass is 14.7. The molecule has 2 atom stereocenters. The Morgan fingerprint density at radius 1 is 0.964 bits per heavy atom. The molecule has 1 nitrogen and oxygen atoms in total. The van der Waals surface area contributed by atoms with Crippen molar-refractivity contribution in [2.75, 3.05) is 0 Å². The summed E-state index contributed by atoms with van der Waals surface area (Å²) in [6.07, 6.45) is 16.1. The summed E-state index contributed by atoms with van der Waals surface area (Å²) in [7, 11) is 0. The van der Waals surface area contributed by atoms with Gasteiger partial charge < -0.3 is 0 Å². The Labute approximate surface area is 175 Å². The largest absolute Gasteiger partial charge is 0.266 e. The molecular formula is C27H43N. The lowest BCUT2D eigenvalue weighted by atomic mass is 9.85. The quantitative estimate of drug-likeness (QED) is 0.0832. The molecule has 156 valence electrons. The fourth-order valence-electron chi connectivity index (χ4n) is 3.42.